The molecule has 0 bridgehead atoms. The largest absolute Gasteiger partial charge is 0.489 e. The number of ether oxygens (including phenoxy) is 2. The first-order valence-electron chi connectivity index (χ1n) is 11.1. The Hall–Kier alpha value is -3.61. The number of aryl methyl sites for hydroxylation is 3. The molecule has 0 aliphatic carbocycles. The Morgan fingerprint density at radius 1 is 1.06 bits per heavy atom. The van der Waals surface area contributed by atoms with Gasteiger partial charge < -0.3 is 14.8 Å². The minimum absolute atomic E-state index is 0.222. The van der Waals surface area contributed by atoms with Gasteiger partial charge in [-0.2, -0.15) is 10.1 Å². The molecule has 1 aliphatic heterocycles. The zero-order valence-electron chi connectivity index (χ0n) is 20.0. The van der Waals surface area contributed by atoms with Crippen molar-refractivity contribution in [3.63, 3.8) is 0 Å². The predicted octanol–water partition coefficient (Wildman–Crippen LogP) is 5.02. The maximum atomic E-state index is 12.9. The minimum Gasteiger partial charge on any atom is -0.489 e. The van der Waals surface area contributed by atoms with Crippen LogP contribution in [-0.2, 0) is 16.1 Å². The molecule has 1 aliphatic rings. The number of nitrogens with one attached hydrogen (secondary N) is 1. The lowest BCUT2D eigenvalue weighted by Crippen LogP contribution is -2.30. The molecule has 0 spiro atoms. The van der Waals surface area contributed by atoms with E-state index in [-0.39, 0.29) is 12.1 Å². The minimum atomic E-state index is -0.439. The van der Waals surface area contributed by atoms with E-state index < -0.39 is 6.04 Å². The lowest BCUT2D eigenvalue weighted by atomic mass is 9.95. The average Bonchev–Trinajstić information content (AvgIpc) is 3.22. The molecule has 1 atom stereocenters. The fourth-order valence-corrected chi connectivity index (χ4v) is 4.02. The number of anilines is 1. The first-order chi connectivity index (χ1) is 15.7. The normalized spacial score (nSPS) is 15.3. The van der Waals surface area contributed by atoms with Gasteiger partial charge in [-0.05, 0) is 81.5 Å². The van der Waals surface area contributed by atoms with Gasteiger partial charge in [0.15, 0.2) is 0 Å². The first-order valence-corrected chi connectivity index (χ1v) is 11.1. The Morgan fingerprint density at radius 2 is 1.76 bits per heavy atom. The number of rotatable bonds is 6. The number of aromatic nitrogens is 3. The Bertz CT molecular complexity index is 1210. The third-order valence-corrected chi connectivity index (χ3v) is 5.90. The van der Waals surface area contributed by atoms with E-state index in [9.17, 15) is 4.79 Å². The van der Waals surface area contributed by atoms with Crippen molar-refractivity contribution in [1.29, 1.82) is 0 Å². The predicted molar refractivity (Wildman–Crippen MR) is 127 cm³/mol. The fraction of sp³-hybridized carbons (Fsp3) is 0.346. The lowest BCUT2D eigenvalue weighted by Gasteiger charge is -2.28. The number of benzene rings is 2. The van der Waals surface area contributed by atoms with E-state index in [2.05, 4.69) is 48.3 Å². The van der Waals surface area contributed by atoms with Crippen molar-refractivity contribution in [3.8, 4) is 5.75 Å². The lowest BCUT2D eigenvalue weighted by molar-refractivity contribution is -0.143. The van der Waals surface area contributed by atoms with Crippen LogP contribution in [0.4, 0.5) is 5.95 Å². The van der Waals surface area contributed by atoms with Gasteiger partial charge in [0.2, 0.25) is 5.95 Å². The summed E-state index contributed by atoms with van der Waals surface area (Å²) in [5, 5.41) is 7.50. The summed E-state index contributed by atoms with van der Waals surface area (Å²) in [4.78, 5) is 17.2. The third-order valence-electron chi connectivity index (χ3n) is 5.90. The number of carbonyl (C=O) groups is 1. The van der Waals surface area contributed by atoms with Crippen LogP contribution < -0.4 is 10.1 Å². The molecule has 0 radical (unpaired) electrons. The first kappa shape index (κ1) is 22.6. The molecule has 172 valence electrons. The number of carbonyl (C=O) groups excluding carboxylic acids is 1. The average molecular weight is 447 g/mol. The highest BCUT2D eigenvalue weighted by molar-refractivity contribution is 5.92. The Morgan fingerprint density at radius 3 is 2.45 bits per heavy atom. The molecule has 0 amide bonds. The topological polar surface area (TPSA) is 78.3 Å². The molecular formula is C26H30N4O3. The summed E-state index contributed by atoms with van der Waals surface area (Å²) < 4.78 is 13.3. The second-order valence-electron chi connectivity index (χ2n) is 8.77. The highest BCUT2D eigenvalue weighted by Crippen LogP contribution is 2.36. The van der Waals surface area contributed by atoms with Gasteiger partial charge >= 0.3 is 5.97 Å². The Labute approximate surface area is 194 Å². The summed E-state index contributed by atoms with van der Waals surface area (Å²) in [7, 11) is 0. The van der Waals surface area contributed by atoms with Crippen molar-refractivity contribution >= 4 is 11.9 Å². The van der Waals surface area contributed by atoms with Crippen LogP contribution in [0.3, 0.4) is 0 Å². The number of esters is 1. The van der Waals surface area contributed by atoms with Crippen molar-refractivity contribution in [2.75, 3.05) is 5.32 Å². The maximum absolute atomic E-state index is 12.9. The van der Waals surface area contributed by atoms with E-state index in [1.165, 1.54) is 28.6 Å². The SMILES string of the molecule is CC1=C(C(=O)OC(C)C)C(c2ccc(OCc3cc(C)c(C)cc3C)cc2)n2ncnc2N1. The molecule has 1 unspecified atom stereocenters. The quantitative estimate of drug-likeness (QED) is 0.536. The van der Waals surface area contributed by atoms with Crippen LogP contribution in [0.2, 0.25) is 0 Å². The Balaban J connectivity index is 1.59. The van der Waals surface area contributed by atoms with Gasteiger partial charge in [-0.1, -0.05) is 24.3 Å². The van der Waals surface area contributed by atoms with Crippen molar-refractivity contribution in [2.45, 2.75) is 60.3 Å². The molecular weight excluding hydrogens is 416 g/mol. The van der Waals surface area contributed by atoms with Gasteiger partial charge in [-0.25, -0.2) is 9.48 Å². The van der Waals surface area contributed by atoms with Crippen LogP contribution in [0.1, 0.15) is 54.6 Å². The van der Waals surface area contributed by atoms with E-state index in [0.717, 1.165) is 11.3 Å². The second kappa shape index (κ2) is 9.10. The highest BCUT2D eigenvalue weighted by atomic mass is 16.5. The van der Waals surface area contributed by atoms with Gasteiger partial charge in [-0.3, -0.25) is 0 Å². The fourth-order valence-electron chi connectivity index (χ4n) is 4.02. The van der Waals surface area contributed by atoms with E-state index in [1.807, 2.05) is 45.0 Å². The molecule has 33 heavy (non-hydrogen) atoms. The standard InChI is InChI=1S/C26H30N4O3/c1-15(2)33-25(31)23-19(6)29-26-27-14-28-30(26)24(23)20-7-9-22(10-8-20)32-13-21-12-17(4)16(3)11-18(21)5/h7-12,14-15,24H,13H2,1-6H3,(H,27,28,29). The number of hydrogen-bond donors (Lipinski definition) is 1. The smallest absolute Gasteiger partial charge is 0.338 e. The van der Waals surface area contributed by atoms with E-state index in [0.29, 0.717) is 23.8 Å². The molecule has 0 saturated heterocycles. The molecule has 0 fully saturated rings. The van der Waals surface area contributed by atoms with Crippen LogP contribution >= 0.6 is 0 Å². The van der Waals surface area contributed by atoms with Gasteiger partial charge in [-0.15, -0.1) is 0 Å². The second-order valence-corrected chi connectivity index (χ2v) is 8.77. The zero-order valence-corrected chi connectivity index (χ0v) is 20.0. The van der Waals surface area contributed by atoms with Gasteiger partial charge in [0.1, 0.15) is 24.7 Å². The van der Waals surface area contributed by atoms with Gasteiger partial charge in [0.05, 0.1) is 11.7 Å². The van der Waals surface area contributed by atoms with Crippen molar-refractivity contribution in [1.82, 2.24) is 14.8 Å². The number of fused-ring (bicyclic) bond motifs is 1. The molecule has 3 aromatic rings. The van der Waals surface area contributed by atoms with Gasteiger partial charge in [0.25, 0.3) is 0 Å². The molecule has 2 heterocycles. The number of allylic oxidation sites excluding steroid dienone is 1. The van der Waals surface area contributed by atoms with Crippen LogP contribution in [0.5, 0.6) is 5.75 Å². The summed E-state index contributed by atoms with van der Waals surface area (Å²) in [5.41, 5.74) is 7.05. The number of nitrogens with zero attached hydrogens (tertiary/aromatic N) is 3. The summed E-state index contributed by atoms with van der Waals surface area (Å²) in [6, 6.07) is 11.7. The Kier molecular flexibility index (Phi) is 6.22. The highest BCUT2D eigenvalue weighted by Gasteiger charge is 2.34. The maximum Gasteiger partial charge on any atom is 0.338 e. The molecule has 7 heteroatoms. The van der Waals surface area contributed by atoms with E-state index >= 15 is 0 Å². The van der Waals surface area contributed by atoms with Crippen LogP contribution in [0.25, 0.3) is 0 Å². The molecule has 2 aromatic carbocycles. The molecule has 4 rings (SSSR count). The van der Waals surface area contributed by atoms with Crippen molar-refractivity contribution in [2.24, 2.45) is 0 Å². The van der Waals surface area contributed by atoms with Crippen molar-refractivity contribution in [3.05, 3.63) is 81.8 Å². The van der Waals surface area contributed by atoms with Gasteiger partial charge in [0, 0.05) is 5.70 Å². The third kappa shape index (κ3) is 4.62. The summed E-state index contributed by atoms with van der Waals surface area (Å²) in [6.07, 6.45) is 1.25. The molecule has 0 saturated carbocycles. The summed E-state index contributed by atoms with van der Waals surface area (Å²) in [5.74, 6) is 0.979. The summed E-state index contributed by atoms with van der Waals surface area (Å²) >= 11 is 0. The monoisotopic (exact) mass is 446 g/mol. The van der Waals surface area contributed by atoms with Crippen molar-refractivity contribution < 1.29 is 14.3 Å². The zero-order chi connectivity index (χ0) is 23.7. The number of hydrogen-bond acceptors (Lipinski definition) is 6. The van der Waals surface area contributed by atoms with E-state index in [1.54, 1.807) is 4.68 Å². The van der Waals surface area contributed by atoms with Crippen LogP contribution in [0.15, 0.2) is 54.0 Å². The van der Waals surface area contributed by atoms with E-state index in [4.69, 9.17) is 9.47 Å². The molecule has 1 N–H and O–H groups in total. The molecule has 1 aromatic heterocycles. The summed E-state index contributed by atoms with van der Waals surface area (Å²) in [6.45, 7) is 12.4. The van der Waals surface area contributed by atoms with Crippen LogP contribution in [0, 0.1) is 20.8 Å². The molecule has 7 nitrogen and oxygen atoms in total. The van der Waals surface area contributed by atoms with Crippen LogP contribution in [-0.4, -0.2) is 26.8 Å².